The molecule has 0 radical (unpaired) electrons. The molecule has 1 amide bonds. The highest BCUT2D eigenvalue weighted by Gasteiger charge is 2.31. The molecule has 194 valence electrons. The zero-order valence-corrected chi connectivity index (χ0v) is 22.2. The van der Waals surface area contributed by atoms with Crippen molar-refractivity contribution in [1.82, 2.24) is 14.5 Å². The average Bonchev–Trinajstić information content (AvgIpc) is 3.52. The van der Waals surface area contributed by atoms with Crippen LogP contribution in [0.1, 0.15) is 24.2 Å². The van der Waals surface area contributed by atoms with Crippen molar-refractivity contribution in [2.45, 2.75) is 30.8 Å². The monoisotopic (exact) mass is 549 g/mol. The van der Waals surface area contributed by atoms with Crippen molar-refractivity contribution in [3.63, 3.8) is 0 Å². The Morgan fingerprint density at radius 2 is 1.97 bits per heavy atom. The standard InChI is InChI=1S/C25H26ClN5O3S2.3H2/c1-17-16-29(21-5-7-22(8-6-21)36(33,34)28-25-27-10-14-35-25)12-13-30(17)24(32)18(2)31-11-9-19-3-4-20(26)15-23(19)31;;;/h3-11,14-15,17-18H,12-13,16H2,1-2H3,(H,27,28);3*1H/t17-,18+;;;/m1.../s1. The Morgan fingerprint density at radius 1 is 1.19 bits per heavy atom. The molecule has 36 heavy (non-hydrogen) atoms. The summed E-state index contributed by atoms with van der Waals surface area (Å²) in [7, 11) is -3.70. The summed E-state index contributed by atoms with van der Waals surface area (Å²) in [5, 5.41) is 3.73. The molecular weight excluding hydrogens is 518 g/mol. The molecule has 1 saturated heterocycles. The molecule has 1 aliphatic heterocycles. The summed E-state index contributed by atoms with van der Waals surface area (Å²) in [6.45, 7) is 5.85. The second-order valence-corrected chi connectivity index (χ2v) is 11.9. The highest BCUT2D eigenvalue weighted by atomic mass is 35.5. The quantitative estimate of drug-likeness (QED) is 0.339. The van der Waals surface area contributed by atoms with E-state index in [0.717, 1.165) is 16.6 Å². The summed E-state index contributed by atoms with van der Waals surface area (Å²) in [6, 6.07) is 14.1. The van der Waals surface area contributed by atoms with Crippen LogP contribution < -0.4 is 9.62 Å². The molecule has 8 nitrogen and oxygen atoms in total. The van der Waals surface area contributed by atoms with Crippen molar-refractivity contribution >= 4 is 60.6 Å². The van der Waals surface area contributed by atoms with Crippen molar-refractivity contribution in [2.75, 3.05) is 29.3 Å². The Balaban J connectivity index is 0.00000178. The number of hydrogen-bond acceptors (Lipinski definition) is 6. The molecule has 0 spiro atoms. The van der Waals surface area contributed by atoms with E-state index in [0.29, 0.717) is 29.8 Å². The van der Waals surface area contributed by atoms with Gasteiger partial charge in [0, 0.05) is 58.4 Å². The Morgan fingerprint density at radius 3 is 2.67 bits per heavy atom. The lowest BCUT2D eigenvalue weighted by Crippen LogP contribution is -2.55. The Kier molecular flexibility index (Phi) is 6.67. The summed E-state index contributed by atoms with van der Waals surface area (Å²) < 4.78 is 29.7. The minimum absolute atomic E-state index is 0. The fraction of sp³-hybridized carbons (Fsp3) is 0.280. The maximum absolute atomic E-state index is 13.4. The molecule has 1 aliphatic rings. The zero-order chi connectivity index (χ0) is 25.4. The van der Waals surface area contributed by atoms with E-state index >= 15 is 0 Å². The number of halogens is 1. The minimum Gasteiger partial charge on any atom is -0.368 e. The number of nitrogens with zero attached hydrogens (tertiary/aromatic N) is 4. The highest BCUT2D eigenvalue weighted by molar-refractivity contribution is 7.93. The van der Waals surface area contributed by atoms with Crippen molar-refractivity contribution < 1.29 is 17.5 Å². The number of sulfonamides is 1. The maximum Gasteiger partial charge on any atom is 0.263 e. The fourth-order valence-electron chi connectivity index (χ4n) is 4.62. The van der Waals surface area contributed by atoms with Crippen LogP contribution in [-0.2, 0) is 14.8 Å². The van der Waals surface area contributed by atoms with Gasteiger partial charge in [-0.05, 0) is 61.7 Å². The van der Waals surface area contributed by atoms with Crippen LogP contribution in [0.4, 0.5) is 10.8 Å². The Labute approximate surface area is 223 Å². The van der Waals surface area contributed by atoms with Crippen LogP contribution in [0.25, 0.3) is 10.9 Å². The molecule has 0 bridgehead atoms. The van der Waals surface area contributed by atoms with Gasteiger partial charge < -0.3 is 14.4 Å². The molecular formula is C25H32ClN5O3S2. The van der Waals surface area contributed by atoms with Gasteiger partial charge in [0.2, 0.25) is 5.91 Å². The number of carbonyl (C=O) groups is 1. The first kappa shape index (κ1) is 24.6. The van der Waals surface area contributed by atoms with Gasteiger partial charge in [-0.2, -0.15) is 0 Å². The van der Waals surface area contributed by atoms with Gasteiger partial charge in [-0.15, -0.1) is 11.3 Å². The van der Waals surface area contributed by atoms with E-state index in [-0.39, 0.29) is 27.2 Å². The smallest absolute Gasteiger partial charge is 0.263 e. The number of thiazole rings is 1. The molecule has 1 N–H and O–H groups in total. The summed E-state index contributed by atoms with van der Waals surface area (Å²) >= 11 is 7.42. The third kappa shape index (κ3) is 4.80. The number of amides is 1. The van der Waals surface area contributed by atoms with Crippen molar-refractivity contribution in [3.05, 3.63) is 71.3 Å². The van der Waals surface area contributed by atoms with E-state index in [4.69, 9.17) is 11.6 Å². The summed E-state index contributed by atoms with van der Waals surface area (Å²) in [4.78, 5) is 21.7. The molecule has 2 atom stereocenters. The molecule has 11 heteroatoms. The predicted molar refractivity (Wildman–Crippen MR) is 151 cm³/mol. The molecule has 4 aromatic rings. The van der Waals surface area contributed by atoms with E-state index in [1.807, 2.05) is 53.8 Å². The van der Waals surface area contributed by atoms with Gasteiger partial charge in [0.1, 0.15) is 6.04 Å². The first-order valence-corrected chi connectivity index (χ1v) is 14.3. The average molecular weight is 550 g/mol. The third-order valence-electron chi connectivity index (χ3n) is 6.54. The summed E-state index contributed by atoms with van der Waals surface area (Å²) in [5.74, 6) is 0.0642. The van der Waals surface area contributed by atoms with E-state index in [9.17, 15) is 13.2 Å². The normalized spacial score (nSPS) is 17.4. The van der Waals surface area contributed by atoms with E-state index in [2.05, 4.69) is 14.6 Å². The van der Waals surface area contributed by atoms with Gasteiger partial charge in [-0.1, -0.05) is 17.7 Å². The summed E-state index contributed by atoms with van der Waals surface area (Å²) in [5.41, 5.74) is 1.86. The molecule has 0 aliphatic carbocycles. The number of nitrogens with one attached hydrogen (secondary N) is 1. The molecule has 2 aromatic heterocycles. The van der Waals surface area contributed by atoms with Gasteiger partial charge in [-0.3, -0.25) is 9.52 Å². The van der Waals surface area contributed by atoms with Crippen LogP contribution in [0.15, 0.2) is 71.2 Å². The van der Waals surface area contributed by atoms with Crippen LogP contribution in [0, 0.1) is 0 Å². The lowest BCUT2D eigenvalue weighted by Gasteiger charge is -2.42. The number of hydrogen-bond donors (Lipinski definition) is 1. The Bertz CT molecular complexity index is 1500. The van der Waals surface area contributed by atoms with E-state index < -0.39 is 10.0 Å². The zero-order valence-electron chi connectivity index (χ0n) is 19.8. The van der Waals surface area contributed by atoms with E-state index in [1.165, 1.54) is 11.3 Å². The van der Waals surface area contributed by atoms with Crippen LogP contribution in [0.2, 0.25) is 5.02 Å². The number of anilines is 2. The van der Waals surface area contributed by atoms with Gasteiger partial charge in [0.15, 0.2) is 5.13 Å². The minimum atomic E-state index is -3.70. The van der Waals surface area contributed by atoms with Gasteiger partial charge in [0.05, 0.1) is 10.4 Å². The van der Waals surface area contributed by atoms with Crippen LogP contribution >= 0.6 is 22.9 Å². The van der Waals surface area contributed by atoms with Crippen LogP contribution in [-0.4, -0.2) is 54.5 Å². The van der Waals surface area contributed by atoms with Crippen molar-refractivity contribution in [3.8, 4) is 0 Å². The number of carbonyl (C=O) groups excluding carboxylic acids is 1. The summed E-state index contributed by atoms with van der Waals surface area (Å²) in [6.07, 6.45) is 3.48. The second kappa shape index (κ2) is 9.76. The molecule has 0 unspecified atom stereocenters. The molecule has 5 rings (SSSR count). The second-order valence-electron chi connectivity index (χ2n) is 8.87. The first-order valence-electron chi connectivity index (χ1n) is 11.6. The number of aromatic nitrogens is 2. The van der Waals surface area contributed by atoms with Gasteiger partial charge >= 0.3 is 0 Å². The predicted octanol–water partition coefficient (Wildman–Crippen LogP) is 5.59. The fourth-order valence-corrected chi connectivity index (χ4v) is 6.58. The third-order valence-corrected chi connectivity index (χ3v) is 8.94. The Hall–Kier alpha value is -3.08. The molecule has 3 heterocycles. The number of benzene rings is 2. The first-order chi connectivity index (χ1) is 17.2. The van der Waals surface area contributed by atoms with Crippen LogP contribution in [0.5, 0.6) is 0 Å². The van der Waals surface area contributed by atoms with Gasteiger partial charge in [0.25, 0.3) is 10.0 Å². The topological polar surface area (TPSA) is 87.5 Å². The van der Waals surface area contributed by atoms with Crippen molar-refractivity contribution in [1.29, 1.82) is 0 Å². The largest absolute Gasteiger partial charge is 0.368 e. The number of fused-ring (bicyclic) bond motifs is 1. The van der Waals surface area contributed by atoms with Crippen molar-refractivity contribution in [2.24, 2.45) is 0 Å². The lowest BCUT2D eigenvalue weighted by molar-refractivity contribution is -0.136. The van der Waals surface area contributed by atoms with Gasteiger partial charge in [-0.25, -0.2) is 13.4 Å². The highest BCUT2D eigenvalue weighted by Crippen LogP contribution is 2.27. The molecule has 0 saturated carbocycles. The number of rotatable bonds is 6. The van der Waals surface area contributed by atoms with E-state index in [1.54, 1.807) is 35.8 Å². The lowest BCUT2D eigenvalue weighted by atomic mass is 10.1. The number of piperazine rings is 1. The SMILES string of the molecule is C[C@@H]1CN(c2ccc(S(=O)(=O)Nc3nccs3)cc2)CCN1C(=O)[C@H](C)n1ccc2ccc(Cl)cc21.[HH].[HH].[HH]. The maximum atomic E-state index is 13.4. The van der Waals surface area contributed by atoms with Crippen LogP contribution in [0.3, 0.4) is 0 Å². The molecule has 1 fully saturated rings. The molecule has 2 aromatic carbocycles.